The number of hydrogen-bond acceptors (Lipinski definition) is 6. The highest BCUT2D eigenvalue weighted by atomic mass is 19.2. The van der Waals surface area contributed by atoms with Gasteiger partial charge in [-0.1, -0.05) is 0 Å². The first-order chi connectivity index (χ1) is 13.0. The molecule has 0 fully saturated rings. The van der Waals surface area contributed by atoms with E-state index < -0.39 is 35.3 Å². The molecule has 1 aromatic carbocycles. The molecule has 150 valence electrons. The number of methoxy groups -OCH3 is 1. The summed E-state index contributed by atoms with van der Waals surface area (Å²) in [6, 6.07) is 1.11. The topological polar surface area (TPSA) is 78.0 Å². The third-order valence-corrected chi connectivity index (χ3v) is 4.29. The van der Waals surface area contributed by atoms with Crippen molar-refractivity contribution in [2.24, 2.45) is 0 Å². The van der Waals surface area contributed by atoms with Gasteiger partial charge in [0.05, 0.1) is 13.2 Å². The minimum atomic E-state index is -1.10. The second-order valence-electron chi connectivity index (χ2n) is 7.40. The van der Waals surface area contributed by atoms with Crippen molar-refractivity contribution in [1.29, 1.82) is 0 Å². The molecule has 1 aliphatic heterocycles. The van der Waals surface area contributed by atoms with Crippen LogP contribution in [0.5, 0.6) is 5.88 Å². The average Bonchev–Trinajstić information content (AvgIpc) is 2.60. The van der Waals surface area contributed by atoms with Crippen molar-refractivity contribution >= 4 is 22.8 Å². The summed E-state index contributed by atoms with van der Waals surface area (Å²) in [7, 11) is 2.77. The van der Waals surface area contributed by atoms with Gasteiger partial charge in [-0.3, -0.25) is 0 Å². The fraction of sp³-hybridized carbons (Fsp3) is 0.421. The van der Waals surface area contributed by atoms with Gasteiger partial charge in [0.15, 0.2) is 17.3 Å². The molecule has 2 heterocycles. The maximum Gasteiger partial charge on any atom is 0.410 e. The predicted molar refractivity (Wildman–Crippen MR) is 95.2 cm³/mol. The van der Waals surface area contributed by atoms with Gasteiger partial charge in [-0.05, 0) is 38.3 Å². The highest BCUT2D eigenvalue weighted by Gasteiger charge is 2.37. The molecule has 0 bridgehead atoms. The summed E-state index contributed by atoms with van der Waals surface area (Å²) in [6.45, 7) is 4.97. The molecule has 0 aliphatic carbocycles. The molecule has 0 saturated carbocycles. The van der Waals surface area contributed by atoms with Crippen LogP contribution in [0.4, 0.5) is 13.6 Å². The van der Waals surface area contributed by atoms with E-state index in [-0.39, 0.29) is 34.5 Å². The molecule has 0 N–H and O–H groups in total. The lowest BCUT2D eigenvalue weighted by molar-refractivity contribution is 0.00420. The van der Waals surface area contributed by atoms with Gasteiger partial charge in [0.2, 0.25) is 5.88 Å². The Morgan fingerprint density at radius 2 is 1.86 bits per heavy atom. The Bertz CT molecular complexity index is 971. The summed E-state index contributed by atoms with van der Waals surface area (Å²) in [6.07, 6.45) is -0.659. The van der Waals surface area contributed by atoms with E-state index in [0.717, 1.165) is 12.1 Å². The van der Waals surface area contributed by atoms with Crippen LogP contribution >= 0.6 is 0 Å². The summed E-state index contributed by atoms with van der Waals surface area (Å²) in [5.41, 5.74) is -0.615. The molecule has 0 saturated heterocycles. The Labute approximate surface area is 160 Å². The fourth-order valence-electron chi connectivity index (χ4n) is 3.02. The van der Waals surface area contributed by atoms with Gasteiger partial charge in [-0.15, -0.1) is 0 Å². The second-order valence-corrected chi connectivity index (χ2v) is 7.40. The van der Waals surface area contributed by atoms with Crippen molar-refractivity contribution in [2.75, 3.05) is 20.8 Å². The highest BCUT2D eigenvalue weighted by molar-refractivity contribution is 6.00. The maximum absolute atomic E-state index is 14.0. The van der Waals surface area contributed by atoms with E-state index in [1.54, 1.807) is 20.8 Å². The smallest absolute Gasteiger partial charge is 0.410 e. The van der Waals surface area contributed by atoms with E-state index in [2.05, 4.69) is 4.98 Å². The molecule has 0 spiro atoms. The van der Waals surface area contributed by atoms with E-state index in [0.29, 0.717) is 0 Å². The van der Waals surface area contributed by atoms with Crippen molar-refractivity contribution in [3.05, 3.63) is 35.0 Å². The normalized spacial score (nSPS) is 16.4. The van der Waals surface area contributed by atoms with E-state index in [9.17, 15) is 18.4 Å². The lowest BCUT2D eigenvalue weighted by Crippen LogP contribution is -2.41. The molecule has 9 heteroatoms. The number of benzene rings is 1. The first-order valence-electron chi connectivity index (χ1n) is 8.53. The number of carbonyl (C=O) groups excluding carboxylic acids is 2. The summed E-state index contributed by atoms with van der Waals surface area (Å²) in [5.74, 6) is -2.97. The number of aromatic nitrogens is 1. The van der Waals surface area contributed by atoms with E-state index in [4.69, 9.17) is 14.2 Å². The van der Waals surface area contributed by atoms with Crippen molar-refractivity contribution in [3.63, 3.8) is 0 Å². The fourth-order valence-corrected chi connectivity index (χ4v) is 3.02. The number of halogens is 2. The van der Waals surface area contributed by atoms with Crippen LogP contribution in [0.3, 0.4) is 0 Å². The van der Waals surface area contributed by atoms with Crippen LogP contribution in [0, 0.1) is 11.6 Å². The largest absolute Gasteiger partial charge is 0.481 e. The number of ether oxygens (including phenoxy) is 3. The maximum atomic E-state index is 14.0. The van der Waals surface area contributed by atoms with Crippen LogP contribution in [0.25, 0.3) is 10.8 Å². The highest BCUT2D eigenvalue weighted by Crippen LogP contribution is 2.38. The molecular formula is C19H20F2N2O5. The number of cyclic esters (lactones) is 1. The lowest BCUT2D eigenvalue weighted by atomic mass is 9.95. The van der Waals surface area contributed by atoms with Gasteiger partial charge in [-0.25, -0.2) is 23.4 Å². The Morgan fingerprint density at radius 3 is 2.43 bits per heavy atom. The van der Waals surface area contributed by atoms with Crippen LogP contribution in [0.15, 0.2) is 12.1 Å². The molecule has 1 aromatic heterocycles. The van der Waals surface area contributed by atoms with Crippen LogP contribution in [0.1, 0.15) is 42.9 Å². The Morgan fingerprint density at radius 1 is 1.25 bits per heavy atom. The number of likely N-dealkylation sites (N-methyl/N-ethyl adjacent to an activating group) is 1. The van der Waals surface area contributed by atoms with Gasteiger partial charge < -0.3 is 19.1 Å². The number of hydrogen-bond donors (Lipinski definition) is 0. The number of nitrogens with zero attached hydrogens (tertiary/aromatic N) is 2. The molecule has 3 rings (SSSR count). The first kappa shape index (κ1) is 19.8. The number of esters is 1. The van der Waals surface area contributed by atoms with Crippen molar-refractivity contribution in [1.82, 2.24) is 9.88 Å². The van der Waals surface area contributed by atoms with Crippen molar-refractivity contribution in [3.8, 4) is 5.88 Å². The SMILES string of the molecule is COc1nc2c(c3cc(F)c(F)cc13)C(N(C)C(=O)OC(C)(C)C)COC2=O. The van der Waals surface area contributed by atoms with Crippen LogP contribution in [0.2, 0.25) is 0 Å². The van der Waals surface area contributed by atoms with E-state index >= 15 is 0 Å². The van der Waals surface area contributed by atoms with Crippen molar-refractivity contribution < 1.29 is 32.6 Å². The van der Waals surface area contributed by atoms with Gasteiger partial charge in [0.25, 0.3) is 0 Å². The summed E-state index contributed by atoms with van der Waals surface area (Å²) >= 11 is 0. The zero-order valence-electron chi connectivity index (χ0n) is 16.1. The number of carbonyl (C=O) groups is 2. The molecule has 1 amide bonds. The standard InChI is InChI=1S/C19H20F2N2O5/c1-19(2,3)28-18(25)23(4)13-8-27-17(24)15-14(13)9-6-11(20)12(21)7-10(9)16(22-15)26-5/h6-7,13H,8H2,1-5H3. The van der Waals surface area contributed by atoms with Crippen LogP contribution in [-0.2, 0) is 9.47 Å². The number of pyridine rings is 1. The minimum absolute atomic E-state index is 0.0508. The number of rotatable bonds is 2. The summed E-state index contributed by atoms with van der Waals surface area (Å²) in [5, 5.41) is 0.384. The predicted octanol–water partition coefficient (Wildman–Crippen LogP) is 3.60. The third-order valence-electron chi connectivity index (χ3n) is 4.29. The Kier molecular flexibility index (Phi) is 4.86. The minimum Gasteiger partial charge on any atom is -0.481 e. The Balaban J connectivity index is 2.21. The van der Waals surface area contributed by atoms with Crippen LogP contribution < -0.4 is 4.74 Å². The monoisotopic (exact) mass is 394 g/mol. The number of amides is 1. The third kappa shape index (κ3) is 3.44. The van der Waals surface area contributed by atoms with Gasteiger partial charge in [0, 0.05) is 18.0 Å². The van der Waals surface area contributed by atoms with E-state index in [1.165, 1.54) is 19.1 Å². The molecule has 1 unspecified atom stereocenters. The molecular weight excluding hydrogens is 374 g/mol. The first-order valence-corrected chi connectivity index (χ1v) is 8.53. The number of fused-ring (bicyclic) bond motifs is 3. The molecule has 7 nitrogen and oxygen atoms in total. The molecule has 28 heavy (non-hydrogen) atoms. The molecule has 1 atom stereocenters. The zero-order valence-corrected chi connectivity index (χ0v) is 16.1. The molecule has 2 aromatic rings. The summed E-state index contributed by atoms with van der Waals surface area (Å²) < 4.78 is 43.5. The summed E-state index contributed by atoms with van der Waals surface area (Å²) in [4.78, 5) is 30.1. The second kappa shape index (κ2) is 6.88. The van der Waals surface area contributed by atoms with Gasteiger partial charge >= 0.3 is 12.1 Å². The quantitative estimate of drug-likeness (QED) is 0.725. The van der Waals surface area contributed by atoms with Crippen LogP contribution in [-0.4, -0.2) is 48.3 Å². The Hall–Kier alpha value is -2.97. The van der Waals surface area contributed by atoms with Gasteiger partial charge in [-0.2, -0.15) is 0 Å². The van der Waals surface area contributed by atoms with Crippen molar-refractivity contribution in [2.45, 2.75) is 32.4 Å². The van der Waals surface area contributed by atoms with Gasteiger partial charge in [0.1, 0.15) is 12.2 Å². The zero-order chi connectivity index (χ0) is 20.8. The van der Waals surface area contributed by atoms with E-state index in [1.807, 2.05) is 0 Å². The lowest BCUT2D eigenvalue weighted by Gasteiger charge is -2.34. The molecule has 0 radical (unpaired) electrons. The average molecular weight is 394 g/mol. The molecule has 1 aliphatic rings.